The predicted molar refractivity (Wildman–Crippen MR) is 91.2 cm³/mol. The first-order valence-corrected chi connectivity index (χ1v) is 7.85. The van der Waals surface area contributed by atoms with Gasteiger partial charge in [-0.1, -0.05) is 30.3 Å². The molecule has 22 heavy (non-hydrogen) atoms. The zero-order valence-corrected chi connectivity index (χ0v) is 13.4. The van der Waals surface area contributed by atoms with Crippen LogP contribution in [0.1, 0.15) is 22.7 Å². The quantitative estimate of drug-likeness (QED) is 0.943. The summed E-state index contributed by atoms with van der Waals surface area (Å²) in [6, 6.07) is 12.2. The molecule has 4 heteroatoms. The van der Waals surface area contributed by atoms with Gasteiger partial charge in [-0.2, -0.15) is 0 Å². The average Bonchev–Trinajstić information content (AvgIpc) is 2.56. The molecular formula is C18H24N4. The van der Waals surface area contributed by atoms with Crippen LogP contribution in [0.25, 0.3) is 0 Å². The summed E-state index contributed by atoms with van der Waals surface area (Å²) < 4.78 is 0. The van der Waals surface area contributed by atoms with Gasteiger partial charge >= 0.3 is 0 Å². The molecule has 0 amide bonds. The highest BCUT2D eigenvalue weighted by molar-refractivity contribution is 5.49. The number of hydrogen-bond acceptors (Lipinski definition) is 4. The van der Waals surface area contributed by atoms with Gasteiger partial charge in [-0.15, -0.1) is 0 Å². The van der Waals surface area contributed by atoms with E-state index in [0.29, 0.717) is 0 Å². The van der Waals surface area contributed by atoms with Crippen molar-refractivity contribution in [2.45, 2.75) is 13.0 Å². The van der Waals surface area contributed by atoms with Crippen LogP contribution in [0.2, 0.25) is 0 Å². The van der Waals surface area contributed by atoms with Crippen LogP contribution >= 0.6 is 0 Å². The van der Waals surface area contributed by atoms with Crippen molar-refractivity contribution in [2.24, 2.45) is 5.73 Å². The molecule has 2 heterocycles. The molecule has 0 saturated carbocycles. The second-order valence-electron chi connectivity index (χ2n) is 6.09. The first kappa shape index (κ1) is 15.0. The molecule has 0 bridgehead atoms. The highest BCUT2D eigenvalue weighted by Gasteiger charge is 2.18. The van der Waals surface area contributed by atoms with Crippen molar-refractivity contribution in [1.29, 1.82) is 0 Å². The van der Waals surface area contributed by atoms with E-state index in [0.717, 1.165) is 43.1 Å². The zero-order chi connectivity index (χ0) is 15.5. The fourth-order valence-corrected chi connectivity index (χ4v) is 2.96. The van der Waals surface area contributed by atoms with E-state index >= 15 is 0 Å². The Balaban J connectivity index is 1.80. The Morgan fingerprint density at radius 3 is 2.36 bits per heavy atom. The Morgan fingerprint density at radius 2 is 1.73 bits per heavy atom. The summed E-state index contributed by atoms with van der Waals surface area (Å²) in [5.41, 5.74) is 9.77. The normalized spacial score (nSPS) is 17.5. The van der Waals surface area contributed by atoms with Crippen molar-refractivity contribution in [1.82, 2.24) is 9.88 Å². The van der Waals surface area contributed by atoms with Crippen LogP contribution in [0.4, 0.5) is 5.82 Å². The maximum absolute atomic E-state index is 6.37. The van der Waals surface area contributed by atoms with Gasteiger partial charge in [-0.05, 0) is 36.7 Å². The number of anilines is 1. The van der Waals surface area contributed by atoms with E-state index in [1.54, 1.807) is 0 Å². The Morgan fingerprint density at radius 1 is 1.05 bits per heavy atom. The SMILES string of the molecule is Cc1cc([C@H](N)c2ccccc2)cnc1N1CCN(C)CC1. The molecule has 1 aromatic carbocycles. The molecule has 1 fully saturated rings. The molecule has 116 valence electrons. The maximum Gasteiger partial charge on any atom is 0.131 e. The number of pyridine rings is 1. The number of rotatable bonds is 3. The van der Waals surface area contributed by atoms with Crippen molar-refractivity contribution in [3.63, 3.8) is 0 Å². The van der Waals surface area contributed by atoms with Gasteiger partial charge in [0.05, 0.1) is 6.04 Å². The predicted octanol–water partition coefficient (Wildman–Crippen LogP) is 2.19. The number of aromatic nitrogens is 1. The molecule has 1 atom stereocenters. The van der Waals surface area contributed by atoms with Gasteiger partial charge in [0, 0.05) is 32.4 Å². The van der Waals surface area contributed by atoms with Crippen LogP contribution in [-0.2, 0) is 0 Å². The summed E-state index contributed by atoms with van der Waals surface area (Å²) in [5, 5.41) is 0. The Bertz CT molecular complexity index is 618. The van der Waals surface area contributed by atoms with E-state index in [4.69, 9.17) is 10.7 Å². The molecule has 1 aromatic heterocycles. The van der Waals surface area contributed by atoms with E-state index in [2.05, 4.69) is 42.0 Å². The van der Waals surface area contributed by atoms with Crippen molar-refractivity contribution in [3.05, 3.63) is 59.3 Å². The highest BCUT2D eigenvalue weighted by Crippen LogP contribution is 2.24. The van der Waals surface area contributed by atoms with Gasteiger partial charge in [0.2, 0.25) is 0 Å². The van der Waals surface area contributed by atoms with Crippen LogP contribution in [0.5, 0.6) is 0 Å². The minimum atomic E-state index is -0.117. The first-order chi connectivity index (χ1) is 10.6. The molecule has 2 N–H and O–H groups in total. The van der Waals surface area contributed by atoms with E-state index in [1.165, 1.54) is 5.56 Å². The lowest BCUT2D eigenvalue weighted by Crippen LogP contribution is -2.45. The summed E-state index contributed by atoms with van der Waals surface area (Å²) in [5.74, 6) is 1.09. The smallest absolute Gasteiger partial charge is 0.131 e. The molecule has 0 spiro atoms. The van der Waals surface area contributed by atoms with Gasteiger partial charge in [0.15, 0.2) is 0 Å². The Labute approximate surface area is 132 Å². The Hall–Kier alpha value is -1.91. The van der Waals surface area contributed by atoms with Crippen LogP contribution < -0.4 is 10.6 Å². The number of likely N-dealkylation sites (N-methyl/N-ethyl adjacent to an activating group) is 1. The maximum atomic E-state index is 6.37. The fraction of sp³-hybridized carbons (Fsp3) is 0.389. The molecule has 1 aliphatic heterocycles. The highest BCUT2D eigenvalue weighted by atomic mass is 15.3. The third-order valence-electron chi connectivity index (χ3n) is 4.39. The zero-order valence-electron chi connectivity index (χ0n) is 13.4. The summed E-state index contributed by atoms with van der Waals surface area (Å²) in [4.78, 5) is 9.42. The van der Waals surface area contributed by atoms with Gasteiger partial charge in [-0.25, -0.2) is 4.98 Å². The summed E-state index contributed by atoms with van der Waals surface area (Å²) in [6.07, 6.45) is 1.93. The first-order valence-electron chi connectivity index (χ1n) is 7.85. The van der Waals surface area contributed by atoms with Crippen molar-refractivity contribution in [2.75, 3.05) is 38.1 Å². The lowest BCUT2D eigenvalue weighted by molar-refractivity contribution is 0.312. The van der Waals surface area contributed by atoms with Crippen LogP contribution in [-0.4, -0.2) is 43.1 Å². The number of benzene rings is 1. The number of piperazine rings is 1. The second-order valence-corrected chi connectivity index (χ2v) is 6.09. The number of nitrogens with zero attached hydrogens (tertiary/aromatic N) is 3. The molecule has 1 aliphatic rings. The number of nitrogens with two attached hydrogens (primary N) is 1. The second kappa shape index (κ2) is 6.46. The average molecular weight is 296 g/mol. The van der Waals surface area contributed by atoms with Gasteiger partial charge in [0.1, 0.15) is 5.82 Å². The monoisotopic (exact) mass is 296 g/mol. The van der Waals surface area contributed by atoms with E-state index in [-0.39, 0.29) is 6.04 Å². The number of aryl methyl sites for hydroxylation is 1. The summed E-state index contributed by atoms with van der Waals surface area (Å²) >= 11 is 0. The van der Waals surface area contributed by atoms with Gasteiger partial charge in [0.25, 0.3) is 0 Å². The van der Waals surface area contributed by atoms with Gasteiger partial charge < -0.3 is 15.5 Å². The molecule has 2 aromatic rings. The van der Waals surface area contributed by atoms with Crippen LogP contribution in [0, 0.1) is 6.92 Å². The summed E-state index contributed by atoms with van der Waals surface area (Å²) in [6.45, 7) is 6.38. The lowest BCUT2D eigenvalue weighted by atomic mass is 10.00. The molecule has 0 aliphatic carbocycles. The Kier molecular flexibility index (Phi) is 4.41. The van der Waals surface area contributed by atoms with Crippen molar-refractivity contribution < 1.29 is 0 Å². The number of hydrogen-bond donors (Lipinski definition) is 1. The minimum Gasteiger partial charge on any atom is -0.354 e. The summed E-state index contributed by atoms with van der Waals surface area (Å²) in [7, 11) is 2.17. The topological polar surface area (TPSA) is 45.4 Å². The van der Waals surface area contributed by atoms with Crippen LogP contribution in [0.15, 0.2) is 42.6 Å². The van der Waals surface area contributed by atoms with Crippen LogP contribution in [0.3, 0.4) is 0 Å². The minimum absolute atomic E-state index is 0.117. The molecule has 4 nitrogen and oxygen atoms in total. The third-order valence-corrected chi connectivity index (χ3v) is 4.39. The molecule has 1 saturated heterocycles. The van der Waals surface area contributed by atoms with E-state index < -0.39 is 0 Å². The molecule has 0 unspecified atom stereocenters. The lowest BCUT2D eigenvalue weighted by Gasteiger charge is -2.34. The van der Waals surface area contributed by atoms with Crippen molar-refractivity contribution in [3.8, 4) is 0 Å². The standard InChI is InChI=1S/C18H24N4/c1-14-12-16(17(19)15-6-4-3-5-7-15)13-20-18(14)22-10-8-21(2)9-11-22/h3-7,12-13,17H,8-11,19H2,1-2H3/t17-/m1/s1. The third kappa shape index (κ3) is 3.13. The largest absolute Gasteiger partial charge is 0.354 e. The fourth-order valence-electron chi connectivity index (χ4n) is 2.96. The molecular weight excluding hydrogens is 272 g/mol. The molecule has 3 rings (SSSR count). The van der Waals surface area contributed by atoms with Crippen molar-refractivity contribution >= 4 is 5.82 Å². The van der Waals surface area contributed by atoms with E-state index in [9.17, 15) is 0 Å². The molecule has 0 radical (unpaired) electrons. The van der Waals surface area contributed by atoms with E-state index in [1.807, 2.05) is 24.4 Å². The van der Waals surface area contributed by atoms with Gasteiger partial charge in [-0.3, -0.25) is 0 Å².